The van der Waals surface area contributed by atoms with E-state index in [0.29, 0.717) is 5.54 Å². The summed E-state index contributed by atoms with van der Waals surface area (Å²) in [5.41, 5.74) is 1.64. The van der Waals surface area contributed by atoms with Crippen LogP contribution in [0.2, 0.25) is 0 Å². The van der Waals surface area contributed by atoms with Gasteiger partial charge in [0.2, 0.25) is 0 Å². The summed E-state index contributed by atoms with van der Waals surface area (Å²) in [6.07, 6.45) is 7.90. The molecule has 0 radical (unpaired) electrons. The molecule has 0 aromatic carbocycles. The number of nitrogens with zero attached hydrogens (tertiary/aromatic N) is 2. The highest BCUT2D eigenvalue weighted by Gasteiger charge is 2.36. The molecule has 0 spiro atoms. The van der Waals surface area contributed by atoms with Gasteiger partial charge < -0.3 is 5.32 Å². The smallest absolute Gasteiger partial charge is 0.0522 e. The molecule has 1 heterocycles. The minimum atomic E-state index is 0.322. The average Bonchev–Trinajstić information content (AvgIpc) is 2.92. The number of hydrogen-bond acceptors (Lipinski definition) is 2. The second-order valence-electron chi connectivity index (χ2n) is 5.19. The molecule has 0 aliphatic heterocycles. The Labute approximate surface area is 91.9 Å². The molecule has 0 amide bonds. The average molecular weight is 207 g/mol. The predicted molar refractivity (Wildman–Crippen MR) is 61.7 cm³/mol. The molecule has 2 rings (SSSR count). The van der Waals surface area contributed by atoms with Crippen molar-refractivity contribution in [3.05, 3.63) is 18.0 Å². The first-order chi connectivity index (χ1) is 7.08. The van der Waals surface area contributed by atoms with Crippen molar-refractivity contribution in [1.29, 1.82) is 0 Å². The summed E-state index contributed by atoms with van der Waals surface area (Å²) in [4.78, 5) is 0. The lowest BCUT2D eigenvalue weighted by atomic mass is 9.98. The SMILES string of the molecule is Cn1cc(CCNC(C)(C)C2CC2)cn1. The molecule has 1 fully saturated rings. The zero-order chi connectivity index (χ0) is 10.9. The molecule has 1 aliphatic rings. The number of aromatic nitrogens is 2. The largest absolute Gasteiger partial charge is 0.311 e. The third kappa shape index (κ3) is 2.81. The molecule has 1 aromatic rings. The van der Waals surface area contributed by atoms with Crippen molar-refractivity contribution >= 4 is 0 Å². The second-order valence-corrected chi connectivity index (χ2v) is 5.19. The van der Waals surface area contributed by atoms with Gasteiger partial charge in [-0.05, 0) is 51.1 Å². The Kier molecular flexibility index (Phi) is 2.83. The topological polar surface area (TPSA) is 29.9 Å². The molecule has 0 saturated heterocycles. The van der Waals surface area contributed by atoms with Gasteiger partial charge in [-0.15, -0.1) is 0 Å². The zero-order valence-electron chi connectivity index (χ0n) is 9.95. The van der Waals surface area contributed by atoms with E-state index in [1.165, 1.54) is 18.4 Å². The van der Waals surface area contributed by atoms with Crippen LogP contribution in [0.15, 0.2) is 12.4 Å². The molecular weight excluding hydrogens is 186 g/mol. The molecule has 15 heavy (non-hydrogen) atoms. The summed E-state index contributed by atoms with van der Waals surface area (Å²) in [7, 11) is 1.96. The van der Waals surface area contributed by atoms with Crippen LogP contribution in [0, 0.1) is 5.92 Å². The van der Waals surface area contributed by atoms with E-state index in [1.807, 2.05) is 17.9 Å². The lowest BCUT2D eigenvalue weighted by molar-refractivity contribution is 0.344. The maximum absolute atomic E-state index is 4.17. The van der Waals surface area contributed by atoms with Crippen molar-refractivity contribution in [3.63, 3.8) is 0 Å². The van der Waals surface area contributed by atoms with Crippen LogP contribution in [0.4, 0.5) is 0 Å². The molecule has 0 atom stereocenters. The summed E-state index contributed by atoms with van der Waals surface area (Å²) in [5.74, 6) is 0.895. The van der Waals surface area contributed by atoms with E-state index in [2.05, 4.69) is 30.5 Å². The third-order valence-electron chi connectivity index (χ3n) is 3.35. The first-order valence-corrected chi connectivity index (χ1v) is 5.80. The van der Waals surface area contributed by atoms with Crippen molar-refractivity contribution in [2.75, 3.05) is 6.54 Å². The Morgan fingerprint density at radius 1 is 1.53 bits per heavy atom. The van der Waals surface area contributed by atoms with Gasteiger partial charge in [0.1, 0.15) is 0 Å². The molecule has 3 heteroatoms. The van der Waals surface area contributed by atoms with Gasteiger partial charge >= 0.3 is 0 Å². The van der Waals surface area contributed by atoms with Crippen LogP contribution >= 0.6 is 0 Å². The van der Waals surface area contributed by atoms with Gasteiger partial charge in [-0.3, -0.25) is 4.68 Å². The highest BCUT2D eigenvalue weighted by Crippen LogP contribution is 2.38. The maximum atomic E-state index is 4.17. The van der Waals surface area contributed by atoms with Crippen LogP contribution in [0.25, 0.3) is 0 Å². The highest BCUT2D eigenvalue weighted by atomic mass is 15.2. The fraction of sp³-hybridized carbons (Fsp3) is 0.750. The van der Waals surface area contributed by atoms with Crippen LogP contribution < -0.4 is 5.32 Å². The minimum Gasteiger partial charge on any atom is -0.311 e. The molecular formula is C12H21N3. The first-order valence-electron chi connectivity index (χ1n) is 5.80. The fourth-order valence-electron chi connectivity index (χ4n) is 2.08. The standard InChI is InChI=1S/C12H21N3/c1-12(2,11-4-5-11)13-7-6-10-8-14-15(3)9-10/h8-9,11,13H,4-7H2,1-3H3. The molecule has 1 saturated carbocycles. The molecule has 0 bridgehead atoms. The van der Waals surface area contributed by atoms with E-state index in [1.54, 1.807) is 0 Å². The Balaban J connectivity index is 1.74. The van der Waals surface area contributed by atoms with Gasteiger partial charge in [0.25, 0.3) is 0 Å². The van der Waals surface area contributed by atoms with E-state index < -0.39 is 0 Å². The maximum Gasteiger partial charge on any atom is 0.0522 e. The van der Waals surface area contributed by atoms with Crippen LogP contribution in [0.5, 0.6) is 0 Å². The van der Waals surface area contributed by atoms with Crippen LogP contribution in [-0.2, 0) is 13.5 Å². The lowest BCUT2D eigenvalue weighted by Gasteiger charge is -2.26. The summed E-state index contributed by atoms with van der Waals surface area (Å²) in [5, 5.41) is 7.81. The van der Waals surface area contributed by atoms with E-state index in [0.717, 1.165) is 18.9 Å². The summed E-state index contributed by atoms with van der Waals surface area (Å²) in [6, 6.07) is 0. The van der Waals surface area contributed by atoms with Crippen molar-refractivity contribution in [1.82, 2.24) is 15.1 Å². The van der Waals surface area contributed by atoms with E-state index >= 15 is 0 Å². The Hall–Kier alpha value is -0.830. The third-order valence-corrected chi connectivity index (χ3v) is 3.35. The van der Waals surface area contributed by atoms with E-state index in [4.69, 9.17) is 0 Å². The van der Waals surface area contributed by atoms with Gasteiger partial charge in [-0.2, -0.15) is 5.10 Å². The first kappa shape index (κ1) is 10.7. The van der Waals surface area contributed by atoms with Gasteiger partial charge in [0, 0.05) is 18.8 Å². The number of aryl methyl sites for hydroxylation is 1. The quantitative estimate of drug-likeness (QED) is 0.797. The fourth-order valence-corrected chi connectivity index (χ4v) is 2.08. The second kappa shape index (κ2) is 3.97. The predicted octanol–water partition coefficient (Wildman–Crippen LogP) is 1.74. The van der Waals surface area contributed by atoms with Crippen LogP contribution in [0.3, 0.4) is 0 Å². The molecule has 0 unspecified atom stereocenters. The molecule has 84 valence electrons. The number of nitrogens with one attached hydrogen (secondary N) is 1. The van der Waals surface area contributed by atoms with Crippen LogP contribution in [-0.4, -0.2) is 21.9 Å². The summed E-state index contributed by atoms with van der Waals surface area (Å²) >= 11 is 0. The lowest BCUT2D eigenvalue weighted by Crippen LogP contribution is -2.42. The van der Waals surface area contributed by atoms with Crippen molar-refractivity contribution in [2.45, 2.75) is 38.6 Å². The number of hydrogen-bond donors (Lipinski definition) is 1. The summed E-state index contributed by atoms with van der Waals surface area (Å²) < 4.78 is 1.86. The molecule has 1 aromatic heterocycles. The van der Waals surface area contributed by atoms with E-state index in [9.17, 15) is 0 Å². The Morgan fingerprint density at radius 2 is 2.27 bits per heavy atom. The van der Waals surface area contributed by atoms with Crippen molar-refractivity contribution in [3.8, 4) is 0 Å². The number of rotatable bonds is 5. The van der Waals surface area contributed by atoms with Gasteiger partial charge in [-0.25, -0.2) is 0 Å². The Morgan fingerprint density at radius 3 is 2.80 bits per heavy atom. The Bertz CT molecular complexity index is 323. The summed E-state index contributed by atoms with van der Waals surface area (Å²) in [6.45, 7) is 5.68. The van der Waals surface area contributed by atoms with Gasteiger partial charge in [0.15, 0.2) is 0 Å². The van der Waals surface area contributed by atoms with Crippen molar-refractivity contribution in [2.24, 2.45) is 13.0 Å². The van der Waals surface area contributed by atoms with E-state index in [-0.39, 0.29) is 0 Å². The molecule has 3 nitrogen and oxygen atoms in total. The van der Waals surface area contributed by atoms with Gasteiger partial charge in [-0.1, -0.05) is 0 Å². The molecule has 1 N–H and O–H groups in total. The van der Waals surface area contributed by atoms with Crippen LogP contribution in [0.1, 0.15) is 32.3 Å². The normalized spacial score (nSPS) is 17.0. The van der Waals surface area contributed by atoms with Gasteiger partial charge in [0.05, 0.1) is 6.20 Å². The van der Waals surface area contributed by atoms with Crippen molar-refractivity contribution < 1.29 is 0 Å². The monoisotopic (exact) mass is 207 g/mol. The highest BCUT2D eigenvalue weighted by molar-refractivity contribution is 5.04. The minimum absolute atomic E-state index is 0.322. The molecule has 1 aliphatic carbocycles. The zero-order valence-corrected chi connectivity index (χ0v) is 9.95.